The molecule has 0 bridgehead atoms. The van der Waals surface area contributed by atoms with Gasteiger partial charge in [-0.05, 0) is 23.1 Å². The van der Waals surface area contributed by atoms with Gasteiger partial charge < -0.3 is 30.9 Å². The number of hydrogen-bond acceptors (Lipinski definition) is 6. The SMILES string of the molecule is C=CC(=O)N1CC(NC(=O)C2=CNC(CNc3cc(C(C)(C)C)c(Cl)cc3O)N2C)C1. The lowest BCUT2D eigenvalue weighted by atomic mass is 9.86. The summed E-state index contributed by atoms with van der Waals surface area (Å²) in [6, 6.07) is 3.34. The number of nitrogens with one attached hydrogen (secondary N) is 3. The summed E-state index contributed by atoms with van der Waals surface area (Å²) in [7, 11) is 1.83. The maximum Gasteiger partial charge on any atom is 0.269 e. The van der Waals surface area contributed by atoms with Gasteiger partial charge in [-0.25, -0.2) is 0 Å². The lowest BCUT2D eigenvalue weighted by Crippen LogP contribution is -2.61. The van der Waals surface area contributed by atoms with Crippen LogP contribution in [0.25, 0.3) is 0 Å². The van der Waals surface area contributed by atoms with E-state index in [-0.39, 0.29) is 35.2 Å². The highest BCUT2D eigenvalue weighted by molar-refractivity contribution is 6.31. The fraction of sp³-hybridized carbons (Fsp3) is 0.455. The third-order valence-corrected chi connectivity index (χ3v) is 5.89. The average Bonchev–Trinajstić information content (AvgIpc) is 3.02. The highest BCUT2D eigenvalue weighted by Crippen LogP contribution is 2.37. The zero-order valence-electron chi connectivity index (χ0n) is 18.3. The summed E-state index contributed by atoms with van der Waals surface area (Å²) < 4.78 is 0. The van der Waals surface area contributed by atoms with Crippen molar-refractivity contribution in [3.05, 3.63) is 47.3 Å². The van der Waals surface area contributed by atoms with Crippen LogP contribution in [0, 0.1) is 0 Å². The van der Waals surface area contributed by atoms with Gasteiger partial charge in [-0.1, -0.05) is 39.0 Å². The van der Waals surface area contributed by atoms with E-state index in [1.54, 1.807) is 17.2 Å². The summed E-state index contributed by atoms with van der Waals surface area (Å²) in [6.45, 7) is 11.1. The Balaban J connectivity index is 1.55. The van der Waals surface area contributed by atoms with E-state index >= 15 is 0 Å². The number of carbonyl (C=O) groups excluding carboxylic acids is 2. The molecule has 0 saturated carbocycles. The lowest BCUT2D eigenvalue weighted by molar-refractivity contribution is -0.132. The van der Waals surface area contributed by atoms with Crippen LogP contribution in [0.2, 0.25) is 5.02 Å². The maximum atomic E-state index is 12.6. The molecule has 1 saturated heterocycles. The Labute approximate surface area is 187 Å². The maximum absolute atomic E-state index is 12.6. The van der Waals surface area contributed by atoms with E-state index < -0.39 is 0 Å². The molecular weight excluding hydrogens is 418 g/mol. The first-order valence-corrected chi connectivity index (χ1v) is 10.6. The molecule has 1 unspecified atom stereocenters. The molecule has 0 aromatic heterocycles. The molecule has 0 radical (unpaired) electrons. The van der Waals surface area contributed by atoms with Crippen molar-refractivity contribution in [1.29, 1.82) is 0 Å². The molecule has 3 rings (SSSR count). The van der Waals surface area contributed by atoms with E-state index in [9.17, 15) is 14.7 Å². The van der Waals surface area contributed by atoms with E-state index in [1.807, 2.05) is 18.0 Å². The lowest BCUT2D eigenvalue weighted by Gasteiger charge is -2.39. The van der Waals surface area contributed by atoms with Crippen molar-refractivity contribution in [3.8, 4) is 5.75 Å². The molecule has 0 spiro atoms. The number of amides is 2. The molecule has 2 amide bonds. The summed E-state index contributed by atoms with van der Waals surface area (Å²) in [5, 5.41) is 20.2. The van der Waals surface area contributed by atoms with Crippen molar-refractivity contribution < 1.29 is 14.7 Å². The van der Waals surface area contributed by atoms with Gasteiger partial charge in [-0.3, -0.25) is 9.59 Å². The Bertz CT molecular complexity index is 918. The summed E-state index contributed by atoms with van der Waals surface area (Å²) >= 11 is 6.30. The standard InChI is InChI=1S/C22H30ClN5O3/c1-6-20(30)28-11-13(12-28)26-21(31)17-9-25-19(27(17)5)10-24-16-7-14(22(2,3)4)15(23)8-18(16)29/h6-9,13,19,24-25,29H,1,10-12H2,2-5H3,(H,26,31). The first-order chi connectivity index (χ1) is 14.5. The van der Waals surface area contributed by atoms with Gasteiger partial charge in [0.15, 0.2) is 0 Å². The van der Waals surface area contributed by atoms with Gasteiger partial charge >= 0.3 is 0 Å². The molecule has 4 N–H and O–H groups in total. The van der Waals surface area contributed by atoms with Gasteiger partial charge in [-0.2, -0.15) is 0 Å². The van der Waals surface area contributed by atoms with E-state index in [4.69, 9.17) is 11.6 Å². The minimum Gasteiger partial charge on any atom is -0.506 e. The molecule has 168 valence electrons. The molecule has 1 aromatic rings. The number of likely N-dealkylation sites (N-methyl/N-ethyl adjacent to an activating group) is 1. The molecular formula is C22H30ClN5O3. The third-order valence-electron chi connectivity index (χ3n) is 5.57. The fourth-order valence-electron chi connectivity index (χ4n) is 3.60. The number of anilines is 1. The number of aromatic hydroxyl groups is 1. The number of hydrogen-bond donors (Lipinski definition) is 4. The normalized spacial score (nSPS) is 18.7. The summed E-state index contributed by atoms with van der Waals surface area (Å²) in [6.07, 6.45) is 2.78. The van der Waals surface area contributed by atoms with E-state index in [2.05, 4.69) is 43.3 Å². The first kappa shape index (κ1) is 22.8. The van der Waals surface area contributed by atoms with Crippen LogP contribution in [0.15, 0.2) is 36.7 Å². The number of nitrogens with zero attached hydrogens (tertiary/aromatic N) is 2. The molecule has 2 heterocycles. The number of rotatable bonds is 6. The number of phenolic OH excluding ortho intramolecular Hbond substituents is 1. The van der Waals surface area contributed by atoms with Gasteiger partial charge in [0, 0.05) is 37.4 Å². The van der Waals surface area contributed by atoms with Crippen LogP contribution in [0.4, 0.5) is 5.69 Å². The number of halogens is 1. The topological polar surface area (TPSA) is 96.9 Å². The van der Waals surface area contributed by atoms with Crippen LogP contribution in [0.3, 0.4) is 0 Å². The second-order valence-corrected chi connectivity index (χ2v) is 9.33. The van der Waals surface area contributed by atoms with Crippen molar-refractivity contribution >= 4 is 29.1 Å². The van der Waals surface area contributed by atoms with Crippen molar-refractivity contribution in [3.63, 3.8) is 0 Å². The molecule has 1 atom stereocenters. The predicted octanol–water partition coefficient (Wildman–Crippen LogP) is 1.97. The highest BCUT2D eigenvalue weighted by atomic mass is 35.5. The summed E-state index contributed by atoms with van der Waals surface area (Å²) in [5.74, 6) is -0.249. The average molecular weight is 448 g/mol. The van der Waals surface area contributed by atoms with Crippen LogP contribution in [-0.4, -0.2) is 65.6 Å². The van der Waals surface area contributed by atoms with Gasteiger partial charge in [-0.15, -0.1) is 0 Å². The molecule has 1 aromatic carbocycles. The van der Waals surface area contributed by atoms with Crippen molar-refractivity contribution in [2.45, 2.75) is 38.4 Å². The van der Waals surface area contributed by atoms with Crippen molar-refractivity contribution in [1.82, 2.24) is 20.4 Å². The van der Waals surface area contributed by atoms with Gasteiger partial charge in [0.05, 0.1) is 18.3 Å². The zero-order valence-corrected chi connectivity index (χ0v) is 19.1. The minimum absolute atomic E-state index is 0.0651. The Morgan fingerprint density at radius 3 is 2.65 bits per heavy atom. The molecule has 1 fully saturated rings. The molecule has 9 heteroatoms. The second-order valence-electron chi connectivity index (χ2n) is 8.92. The molecule has 8 nitrogen and oxygen atoms in total. The Hall–Kier alpha value is -2.87. The van der Waals surface area contributed by atoms with Crippen LogP contribution in [0.1, 0.15) is 26.3 Å². The number of benzene rings is 1. The molecule has 2 aliphatic heterocycles. The van der Waals surface area contributed by atoms with Gasteiger partial charge in [0.25, 0.3) is 5.91 Å². The summed E-state index contributed by atoms with van der Waals surface area (Å²) in [5.41, 5.74) is 1.87. The fourth-order valence-corrected chi connectivity index (χ4v) is 4.04. The van der Waals surface area contributed by atoms with Crippen LogP contribution in [0.5, 0.6) is 5.75 Å². The van der Waals surface area contributed by atoms with Crippen LogP contribution in [-0.2, 0) is 15.0 Å². The van der Waals surface area contributed by atoms with Crippen molar-refractivity contribution in [2.75, 3.05) is 32.0 Å². The quantitative estimate of drug-likeness (QED) is 0.393. The van der Waals surface area contributed by atoms with Crippen LogP contribution >= 0.6 is 11.6 Å². The Morgan fingerprint density at radius 1 is 1.35 bits per heavy atom. The number of phenols is 1. The van der Waals surface area contributed by atoms with E-state index in [1.165, 1.54) is 6.08 Å². The third kappa shape index (κ3) is 4.90. The van der Waals surface area contributed by atoms with Gasteiger partial charge in [0.2, 0.25) is 5.91 Å². The second kappa shape index (κ2) is 8.70. The largest absolute Gasteiger partial charge is 0.506 e. The molecule has 0 aliphatic carbocycles. The van der Waals surface area contributed by atoms with E-state index in [0.29, 0.717) is 36.0 Å². The highest BCUT2D eigenvalue weighted by Gasteiger charge is 2.33. The molecule has 2 aliphatic rings. The zero-order chi connectivity index (χ0) is 22.9. The Kier molecular flexibility index (Phi) is 6.40. The number of carbonyl (C=O) groups is 2. The van der Waals surface area contributed by atoms with E-state index in [0.717, 1.165) is 5.56 Å². The molecule has 31 heavy (non-hydrogen) atoms. The summed E-state index contributed by atoms with van der Waals surface area (Å²) in [4.78, 5) is 27.6. The van der Waals surface area contributed by atoms with Crippen LogP contribution < -0.4 is 16.0 Å². The smallest absolute Gasteiger partial charge is 0.269 e. The Morgan fingerprint density at radius 2 is 2.03 bits per heavy atom. The number of likely N-dealkylation sites (tertiary alicyclic amines) is 1. The monoisotopic (exact) mass is 447 g/mol. The van der Waals surface area contributed by atoms with Crippen molar-refractivity contribution in [2.24, 2.45) is 0 Å². The predicted molar refractivity (Wildman–Crippen MR) is 122 cm³/mol. The van der Waals surface area contributed by atoms with Gasteiger partial charge in [0.1, 0.15) is 17.6 Å². The first-order valence-electron chi connectivity index (χ1n) is 10.2. The minimum atomic E-state index is -0.197.